The average molecular weight is 559 g/mol. The molecule has 216 valence electrons. The summed E-state index contributed by atoms with van der Waals surface area (Å²) in [4.78, 5) is 29.0. The van der Waals surface area contributed by atoms with Crippen LogP contribution in [0.2, 0.25) is 0 Å². The van der Waals surface area contributed by atoms with Gasteiger partial charge in [0.2, 0.25) is 5.91 Å². The van der Waals surface area contributed by atoms with E-state index in [1.165, 1.54) is 29.7 Å². The largest absolute Gasteiger partial charge is 0.462 e. The van der Waals surface area contributed by atoms with E-state index in [0.29, 0.717) is 38.3 Å². The highest BCUT2D eigenvalue weighted by molar-refractivity contribution is 5.88. The molecule has 6 rings (SSSR count). The van der Waals surface area contributed by atoms with Crippen molar-refractivity contribution in [3.05, 3.63) is 58.8 Å². The van der Waals surface area contributed by atoms with Gasteiger partial charge in [0.05, 0.1) is 24.2 Å². The Bertz CT molecular complexity index is 1360. The summed E-state index contributed by atoms with van der Waals surface area (Å²) in [6.45, 7) is 2.47. The van der Waals surface area contributed by atoms with Crippen LogP contribution in [0.15, 0.2) is 36.4 Å². The lowest BCUT2D eigenvalue weighted by atomic mass is 9.69. The van der Waals surface area contributed by atoms with Crippen molar-refractivity contribution in [2.75, 3.05) is 51.4 Å². The first kappa shape index (κ1) is 27.6. The van der Waals surface area contributed by atoms with Crippen molar-refractivity contribution in [2.45, 2.75) is 68.9 Å². The van der Waals surface area contributed by atoms with Gasteiger partial charge in [-0.2, -0.15) is 15.2 Å². The van der Waals surface area contributed by atoms with Crippen LogP contribution in [-0.2, 0) is 29.5 Å². The maximum atomic E-state index is 12.7. The molecule has 2 fully saturated rings. The van der Waals surface area contributed by atoms with E-state index in [4.69, 9.17) is 14.7 Å². The zero-order valence-electron chi connectivity index (χ0n) is 23.9. The number of fused-ring (bicyclic) bond motifs is 3. The van der Waals surface area contributed by atoms with Crippen LogP contribution in [0.5, 0.6) is 6.01 Å². The van der Waals surface area contributed by atoms with Crippen LogP contribution in [0.4, 0.5) is 10.2 Å². The number of anilines is 1. The van der Waals surface area contributed by atoms with Gasteiger partial charge in [0, 0.05) is 42.7 Å². The Morgan fingerprint density at radius 1 is 1.20 bits per heavy atom. The molecule has 0 N–H and O–H groups in total. The van der Waals surface area contributed by atoms with E-state index in [2.05, 4.69) is 47.2 Å². The summed E-state index contributed by atoms with van der Waals surface area (Å²) in [7, 11) is 2.14. The first-order chi connectivity index (χ1) is 20.0. The third-order valence-electron chi connectivity index (χ3n) is 9.69. The number of alkyl halides is 1. The van der Waals surface area contributed by atoms with Gasteiger partial charge in [0.25, 0.3) is 0 Å². The number of halogens is 1. The third kappa shape index (κ3) is 5.42. The second kappa shape index (κ2) is 11.8. The Morgan fingerprint density at radius 2 is 2.05 bits per heavy atom. The van der Waals surface area contributed by atoms with Gasteiger partial charge in [-0.3, -0.25) is 4.79 Å². The number of aryl methyl sites for hydroxylation is 1. The van der Waals surface area contributed by atoms with Crippen LogP contribution in [0.25, 0.3) is 0 Å². The maximum absolute atomic E-state index is 12.7. The maximum Gasteiger partial charge on any atom is 0.318 e. The third-order valence-corrected chi connectivity index (χ3v) is 9.69. The minimum atomic E-state index is -0.687. The average Bonchev–Trinajstić information content (AvgIpc) is 3.57. The molecule has 0 radical (unpaired) electrons. The molecule has 1 spiro atoms. The standard InChI is InChI=1S/C32H39FN6O2/c1-37-17-5-7-25(37)22-41-31-35-28-20-32(13-10-23-6-2-3-8-27(23)32)14-11-26(28)30(36-31)38-18-19-39(24(21-38)12-16-34)29(40)9-4-15-33/h2-4,6,8-9,24-25H,5,7,10-15,17-22H2,1H3/b9-4+/t24-,25-,32?/m0/s1. The van der Waals surface area contributed by atoms with E-state index in [1.807, 2.05) is 0 Å². The summed E-state index contributed by atoms with van der Waals surface area (Å²) in [5.41, 5.74) is 5.23. The first-order valence-electron chi connectivity index (χ1n) is 15.0. The van der Waals surface area contributed by atoms with Crippen LogP contribution in [0, 0.1) is 11.3 Å². The number of nitriles is 1. The monoisotopic (exact) mass is 558 g/mol. The topological polar surface area (TPSA) is 85.6 Å². The normalized spacial score (nSPS) is 25.9. The Hall–Kier alpha value is -3.51. The lowest BCUT2D eigenvalue weighted by Crippen LogP contribution is -2.55. The molecule has 1 aromatic heterocycles. The van der Waals surface area contributed by atoms with Gasteiger partial charge < -0.3 is 19.4 Å². The molecule has 2 aliphatic heterocycles. The molecule has 8 nitrogen and oxygen atoms in total. The number of hydrogen-bond acceptors (Lipinski definition) is 7. The molecule has 2 aliphatic carbocycles. The molecule has 1 unspecified atom stereocenters. The van der Waals surface area contributed by atoms with Crippen molar-refractivity contribution in [3.63, 3.8) is 0 Å². The molecule has 3 heterocycles. The lowest BCUT2D eigenvalue weighted by Gasteiger charge is -2.42. The van der Waals surface area contributed by atoms with Crippen LogP contribution in [0.3, 0.4) is 0 Å². The fraction of sp³-hybridized carbons (Fsp3) is 0.562. The predicted molar refractivity (Wildman–Crippen MR) is 155 cm³/mol. The van der Waals surface area contributed by atoms with E-state index >= 15 is 0 Å². The molecule has 41 heavy (non-hydrogen) atoms. The molecular formula is C32H39FN6O2. The summed E-state index contributed by atoms with van der Waals surface area (Å²) < 4.78 is 19.0. The second-order valence-electron chi connectivity index (χ2n) is 12.0. The van der Waals surface area contributed by atoms with E-state index in [9.17, 15) is 14.4 Å². The van der Waals surface area contributed by atoms with E-state index in [0.717, 1.165) is 62.1 Å². The van der Waals surface area contributed by atoms with Crippen LogP contribution in [-0.4, -0.2) is 84.3 Å². The van der Waals surface area contributed by atoms with Crippen molar-refractivity contribution in [1.82, 2.24) is 19.8 Å². The Morgan fingerprint density at radius 3 is 2.85 bits per heavy atom. The molecule has 1 aromatic carbocycles. The molecule has 9 heteroatoms. The number of piperazine rings is 1. The second-order valence-corrected chi connectivity index (χ2v) is 12.0. The molecule has 0 bridgehead atoms. The fourth-order valence-electron chi connectivity index (χ4n) is 7.42. The number of ether oxygens (including phenoxy) is 1. The zero-order valence-corrected chi connectivity index (χ0v) is 23.9. The predicted octanol–water partition coefficient (Wildman–Crippen LogP) is 3.78. The summed E-state index contributed by atoms with van der Waals surface area (Å²) in [6, 6.07) is 11.6. The van der Waals surface area contributed by atoms with Crippen LogP contribution < -0.4 is 9.64 Å². The number of rotatable bonds is 7. The number of likely N-dealkylation sites (tertiary alicyclic amines) is 1. The smallest absolute Gasteiger partial charge is 0.318 e. The first-order valence-corrected chi connectivity index (χ1v) is 15.0. The van der Waals surface area contributed by atoms with Crippen molar-refractivity contribution < 1.29 is 13.9 Å². The van der Waals surface area contributed by atoms with E-state index in [1.54, 1.807) is 4.90 Å². The highest BCUT2D eigenvalue weighted by Gasteiger charge is 2.43. The molecule has 1 amide bonds. The fourth-order valence-corrected chi connectivity index (χ4v) is 7.42. The van der Waals surface area contributed by atoms with E-state index < -0.39 is 6.67 Å². The molecule has 0 saturated carbocycles. The van der Waals surface area contributed by atoms with Crippen molar-refractivity contribution in [1.29, 1.82) is 5.26 Å². The van der Waals surface area contributed by atoms with Crippen LogP contribution >= 0.6 is 0 Å². The van der Waals surface area contributed by atoms with E-state index in [-0.39, 0.29) is 23.8 Å². The molecule has 2 saturated heterocycles. The number of carbonyl (C=O) groups excluding carboxylic acids is 1. The van der Waals surface area contributed by atoms with Gasteiger partial charge in [-0.15, -0.1) is 0 Å². The number of amides is 1. The van der Waals surface area contributed by atoms with Crippen molar-refractivity contribution in [2.24, 2.45) is 0 Å². The summed E-state index contributed by atoms with van der Waals surface area (Å²) in [5.74, 6) is 0.624. The van der Waals surface area contributed by atoms with Gasteiger partial charge in [0.1, 0.15) is 19.1 Å². The molecule has 2 aromatic rings. The number of allylic oxidation sites excluding steroid dienone is 1. The zero-order chi connectivity index (χ0) is 28.4. The molecular weight excluding hydrogens is 519 g/mol. The quantitative estimate of drug-likeness (QED) is 0.478. The number of likely N-dealkylation sites (N-methyl/N-ethyl adjacent to an activating group) is 1. The summed E-state index contributed by atoms with van der Waals surface area (Å²) in [6.07, 6.45) is 10.0. The van der Waals surface area contributed by atoms with Gasteiger partial charge in [-0.1, -0.05) is 24.3 Å². The number of benzene rings is 1. The number of hydrogen-bond donors (Lipinski definition) is 0. The van der Waals surface area contributed by atoms with Gasteiger partial charge in [-0.25, -0.2) is 4.39 Å². The number of aromatic nitrogens is 2. The molecule has 3 atom stereocenters. The van der Waals surface area contributed by atoms with Gasteiger partial charge >= 0.3 is 6.01 Å². The minimum absolute atomic E-state index is 0.0926. The lowest BCUT2D eigenvalue weighted by molar-refractivity contribution is -0.128. The van der Waals surface area contributed by atoms with Gasteiger partial charge in [-0.05, 0) is 75.7 Å². The molecule has 4 aliphatic rings. The van der Waals surface area contributed by atoms with Gasteiger partial charge in [0.15, 0.2) is 0 Å². The summed E-state index contributed by atoms with van der Waals surface area (Å²) >= 11 is 0. The Balaban J connectivity index is 1.31. The number of nitrogens with zero attached hydrogens (tertiary/aromatic N) is 6. The Kier molecular flexibility index (Phi) is 7.94. The van der Waals surface area contributed by atoms with Crippen molar-refractivity contribution >= 4 is 11.7 Å². The number of carbonyl (C=O) groups is 1. The minimum Gasteiger partial charge on any atom is -0.462 e. The van der Waals surface area contributed by atoms with Crippen LogP contribution in [0.1, 0.15) is 54.5 Å². The summed E-state index contributed by atoms with van der Waals surface area (Å²) in [5, 5.41) is 9.55. The highest BCUT2D eigenvalue weighted by atomic mass is 19.1. The Labute approximate surface area is 241 Å². The SMILES string of the molecule is CN1CCC[C@H]1COc1nc2c(c(N3CCN(C(=O)/C=C/CF)[C@@H](CC#N)C3)n1)CCC1(CCc3ccccc31)C2. The highest BCUT2D eigenvalue weighted by Crippen LogP contribution is 2.48. The van der Waals surface area contributed by atoms with Crippen molar-refractivity contribution in [3.8, 4) is 12.1 Å².